The maximum Gasteiger partial charge on any atom is 0.257 e. The van der Waals surface area contributed by atoms with Crippen molar-refractivity contribution in [1.29, 1.82) is 0 Å². The van der Waals surface area contributed by atoms with E-state index in [9.17, 15) is 4.79 Å². The molecule has 4 aromatic rings. The van der Waals surface area contributed by atoms with Gasteiger partial charge in [-0.3, -0.25) is 14.5 Å². The first-order chi connectivity index (χ1) is 13.7. The number of hydrogen-bond donors (Lipinski definition) is 1. The third-order valence-electron chi connectivity index (χ3n) is 4.49. The molecule has 0 spiro atoms. The first-order valence-electron chi connectivity index (χ1n) is 9.10. The number of anilines is 1. The Morgan fingerprint density at radius 2 is 1.86 bits per heavy atom. The number of nitrogens with one attached hydrogen (secondary N) is 1. The first-order valence-corrected chi connectivity index (χ1v) is 9.10. The number of benzene rings is 2. The summed E-state index contributed by atoms with van der Waals surface area (Å²) in [5.74, 6) is -0.166. The summed E-state index contributed by atoms with van der Waals surface area (Å²) in [4.78, 5) is 17.3. The molecule has 1 N–H and O–H groups in total. The van der Waals surface area contributed by atoms with Crippen molar-refractivity contribution >= 4 is 11.6 Å². The maximum absolute atomic E-state index is 12.7. The van der Waals surface area contributed by atoms with Gasteiger partial charge < -0.3 is 5.32 Å². The minimum atomic E-state index is -0.166. The van der Waals surface area contributed by atoms with Crippen molar-refractivity contribution in [2.24, 2.45) is 0 Å². The van der Waals surface area contributed by atoms with E-state index in [1.165, 1.54) is 0 Å². The zero-order valence-corrected chi connectivity index (χ0v) is 15.5. The topological polar surface area (TPSA) is 59.8 Å². The van der Waals surface area contributed by atoms with E-state index < -0.39 is 0 Å². The Morgan fingerprint density at radius 3 is 2.61 bits per heavy atom. The van der Waals surface area contributed by atoms with Crippen molar-refractivity contribution in [2.75, 3.05) is 5.32 Å². The van der Waals surface area contributed by atoms with Crippen LogP contribution in [0.15, 0.2) is 85.2 Å². The van der Waals surface area contributed by atoms with E-state index in [1.54, 1.807) is 6.20 Å². The SMILES string of the molecule is Cc1nc(-c2ccccc2)ccc1C(=O)Nc1cccc(Cn2cccn2)c1. The summed E-state index contributed by atoms with van der Waals surface area (Å²) in [6.45, 7) is 2.51. The zero-order valence-electron chi connectivity index (χ0n) is 15.5. The molecule has 28 heavy (non-hydrogen) atoms. The van der Waals surface area contributed by atoms with E-state index in [-0.39, 0.29) is 5.91 Å². The lowest BCUT2D eigenvalue weighted by Crippen LogP contribution is -2.14. The number of amides is 1. The van der Waals surface area contributed by atoms with Crippen LogP contribution >= 0.6 is 0 Å². The van der Waals surface area contributed by atoms with Gasteiger partial charge in [-0.2, -0.15) is 5.10 Å². The van der Waals surface area contributed by atoms with Crippen LogP contribution in [0.2, 0.25) is 0 Å². The third-order valence-corrected chi connectivity index (χ3v) is 4.49. The average Bonchev–Trinajstić information content (AvgIpc) is 3.22. The second-order valence-corrected chi connectivity index (χ2v) is 6.55. The predicted molar refractivity (Wildman–Crippen MR) is 110 cm³/mol. The molecule has 0 bridgehead atoms. The number of rotatable bonds is 5. The van der Waals surface area contributed by atoms with Gasteiger partial charge in [-0.15, -0.1) is 0 Å². The van der Waals surface area contributed by atoms with Crippen LogP contribution in [0.5, 0.6) is 0 Å². The number of hydrogen-bond acceptors (Lipinski definition) is 3. The van der Waals surface area contributed by atoms with Gasteiger partial charge in [0, 0.05) is 23.6 Å². The molecule has 0 aliphatic rings. The third kappa shape index (κ3) is 3.99. The molecule has 5 heteroatoms. The smallest absolute Gasteiger partial charge is 0.257 e. The Morgan fingerprint density at radius 1 is 1.00 bits per heavy atom. The van der Waals surface area contributed by atoms with Crippen LogP contribution in [0.1, 0.15) is 21.6 Å². The second-order valence-electron chi connectivity index (χ2n) is 6.55. The summed E-state index contributed by atoms with van der Waals surface area (Å²) in [5.41, 5.74) is 4.97. The largest absolute Gasteiger partial charge is 0.322 e. The van der Waals surface area contributed by atoms with Crippen LogP contribution in [0.3, 0.4) is 0 Å². The molecule has 0 atom stereocenters. The van der Waals surface area contributed by atoms with Crippen LogP contribution in [0.4, 0.5) is 5.69 Å². The number of carbonyl (C=O) groups excluding carboxylic acids is 1. The highest BCUT2D eigenvalue weighted by Gasteiger charge is 2.12. The van der Waals surface area contributed by atoms with Crippen molar-refractivity contribution in [3.63, 3.8) is 0 Å². The molecular weight excluding hydrogens is 348 g/mol. The predicted octanol–water partition coefficient (Wildman–Crippen LogP) is 4.55. The van der Waals surface area contributed by atoms with Gasteiger partial charge in [0.15, 0.2) is 0 Å². The molecule has 1 amide bonds. The fourth-order valence-electron chi connectivity index (χ4n) is 3.10. The Kier molecular flexibility index (Phi) is 4.97. The molecule has 138 valence electrons. The van der Waals surface area contributed by atoms with Gasteiger partial charge in [0.05, 0.1) is 23.5 Å². The molecule has 0 saturated heterocycles. The summed E-state index contributed by atoms with van der Waals surface area (Å²) < 4.78 is 1.84. The van der Waals surface area contributed by atoms with E-state index in [2.05, 4.69) is 15.4 Å². The maximum atomic E-state index is 12.7. The summed E-state index contributed by atoms with van der Waals surface area (Å²) in [6, 6.07) is 23.3. The van der Waals surface area contributed by atoms with Crippen molar-refractivity contribution in [1.82, 2.24) is 14.8 Å². The van der Waals surface area contributed by atoms with E-state index >= 15 is 0 Å². The fourth-order valence-corrected chi connectivity index (χ4v) is 3.10. The van der Waals surface area contributed by atoms with Gasteiger partial charge in [-0.05, 0) is 42.8 Å². The molecule has 4 rings (SSSR count). The van der Waals surface area contributed by atoms with Crippen LogP contribution in [-0.2, 0) is 6.54 Å². The normalized spacial score (nSPS) is 10.6. The van der Waals surface area contributed by atoms with E-state index in [1.807, 2.05) is 90.6 Å². The average molecular weight is 368 g/mol. The molecule has 0 saturated carbocycles. The quantitative estimate of drug-likeness (QED) is 0.562. The van der Waals surface area contributed by atoms with Crippen molar-refractivity contribution in [2.45, 2.75) is 13.5 Å². The van der Waals surface area contributed by atoms with Gasteiger partial charge in [-0.1, -0.05) is 42.5 Å². The summed E-state index contributed by atoms with van der Waals surface area (Å²) in [7, 11) is 0. The summed E-state index contributed by atoms with van der Waals surface area (Å²) in [5, 5.41) is 7.19. The van der Waals surface area contributed by atoms with Crippen LogP contribution in [0.25, 0.3) is 11.3 Å². The van der Waals surface area contributed by atoms with Crippen LogP contribution in [0, 0.1) is 6.92 Å². The lowest BCUT2D eigenvalue weighted by molar-refractivity contribution is 0.102. The lowest BCUT2D eigenvalue weighted by Gasteiger charge is -2.10. The molecule has 2 aromatic heterocycles. The standard InChI is InChI=1S/C23H20N4O/c1-17-21(11-12-22(25-17)19-8-3-2-4-9-19)23(28)26-20-10-5-7-18(15-20)16-27-14-6-13-24-27/h2-15H,16H2,1H3,(H,26,28). The number of aromatic nitrogens is 3. The summed E-state index contributed by atoms with van der Waals surface area (Å²) in [6.07, 6.45) is 3.66. The van der Waals surface area contributed by atoms with Gasteiger partial charge in [0.2, 0.25) is 0 Å². The Labute approximate surface area is 163 Å². The van der Waals surface area contributed by atoms with E-state index in [4.69, 9.17) is 0 Å². The lowest BCUT2D eigenvalue weighted by atomic mass is 10.1. The highest BCUT2D eigenvalue weighted by Crippen LogP contribution is 2.20. The summed E-state index contributed by atoms with van der Waals surface area (Å²) >= 11 is 0. The Balaban J connectivity index is 1.51. The first kappa shape index (κ1) is 17.7. The minimum Gasteiger partial charge on any atom is -0.322 e. The highest BCUT2D eigenvalue weighted by molar-refractivity contribution is 6.05. The van der Waals surface area contributed by atoms with Crippen molar-refractivity contribution < 1.29 is 4.79 Å². The molecule has 0 fully saturated rings. The monoisotopic (exact) mass is 368 g/mol. The van der Waals surface area contributed by atoms with Gasteiger partial charge in [0.25, 0.3) is 5.91 Å². The number of pyridine rings is 1. The molecule has 5 nitrogen and oxygen atoms in total. The molecule has 0 aliphatic carbocycles. The van der Waals surface area contributed by atoms with Crippen LogP contribution in [-0.4, -0.2) is 20.7 Å². The number of carbonyl (C=O) groups is 1. The second kappa shape index (κ2) is 7.88. The van der Waals surface area contributed by atoms with Crippen molar-refractivity contribution in [3.05, 3.63) is 102 Å². The number of aryl methyl sites for hydroxylation is 1. The molecule has 0 radical (unpaired) electrons. The molecular formula is C23H20N4O. The van der Waals surface area contributed by atoms with Gasteiger partial charge in [-0.25, -0.2) is 0 Å². The molecule has 0 unspecified atom stereocenters. The van der Waals surface area contributed by atoms with Crippen molar-refractivity contribution in [3.8, 4) is 11.3 Å². The molecule has 2 aromatic carbocycles. The van der Waals surface area contributed by atoms with E-state index in [0.29, 0.717) is 17.8 Å². The number of nitrogens with zero attached hydrogens (tertiary/aromatic N) is 3. The highest BCUT2D eigenvalue weighted by atomic mass is 16.1. The Bertz CT molecular complexity index is 1090. The van der Waals surface area contributed by atoms with Gasteiger partial charge in [0.1, 0.15) is 0 Å². The Hall–Kier alpha value is -3.73. The van der Waals surface area contributed by atoms with Crippen LogP contribution < -0.4 is 5.32 Å². The minimum absolute atomic E-state index is 0.166. The molecule has 0 aliphatic heterocycles. The molecule has 2 heterocycles. The van der Waals surface area contributed by atoms with Gasteiger partial charge >= 0.3 is 0 Å². The van der Waals surface area contributed by atoms with E-state index in [0.717, 1.165) is 22.5 Å². The fraction of sp³-hybridized carbons (Fsp3) is 0.0870. The zero-order chi connectivity index (χ0) is 19.3.